The highest BCUT2D eigenvalue weighted by atomic mass is 79.9. The van der Waals surface area contributed by atoms with Crippen molar-refractivity contribution in [3.8, 4) is 11.4 Å². The molecule has 1 heterocycles. The van der Waals surface area contributed by atoms with Crippen molar-refractivity contribution in [2.45, 2.75) is 18.4 Å². The first-order valence-corrected chi connectivity index (χ1v) is 9.51. The van der Waals surface area contributed by atoms with Crippen molar-refractivity contribution in [3.63, 3.8) is 0 Å². The van der Waals surface area contributed by atoms with Crippen LogP contribution in [0.1, 0.15) is 12.5 Å². The van der Waals surface area contributed by atoms with Gasteiger partial charge in [-0.15, -0.1) is 11.8 Å². The summed E-state index contributed by atoms with van der Waals surface area (Å²) in [5.41, 5.74) is 1.30. The topological polar surface area (TPSA) is 61.9 Å². The molecule has 2 aromatic carbocycles. The highest BCUT2D eigenvalue weighted by Gasteiger charge is 2.15. The van der Waals surface area contributed by atoms with E-state index < -0.39 is 0 Å². The van der Waals surface area contributed by atoms with Gasteiger partial charge in [-0.1, -0.05) is 25.1 Å². The molecule has 0 bridgehead atoms. The summed E-state index contributed by atoms with van der Waals surface area (Å²) >= 11 is 5.19. The summed E-state index contributed by atoms with van der Waals surface area (Å²) in [4.78, 5) is 13.3. The summed E-state index contributed by atoms with van der Waals surface area (Å²) in [6.07, 6.45) is 0. The lowest BCUT2D eigenvalue weighted by molar-refractivity contribution is 0.300. The van der Waals surface area contributed by atoms with Crippen LogP contribution < -0.4 is 10.4 Å². The molecule has 3 rings (SSSR count). The Morgan fingerprint density at radius 3 is 2.64 bits per heavy atom. The van der Waals surface area contributed by atoms with Gasteiger partial charge in [0.1, 0.15) is 12.4 Å². The van der Waals surface area contributed by atoms with Crippen LogP contribution >= 0.6 is 27.7 Å². The summed E-state index contributed by atoms with van der Waals surface area (Å²) in [5, 5.41) is 7.77. The van der Waals surface area contributed by atoms with E-state index in [2.05, 4.69) is 33.3 Å². The Kier molecular flexibility index (Phi) is 5.60. The molecule has 0 unspecified atom stereocenters. The minimum absolute atomic E-state index is 0.291. The van der Waals surface area contributed by atoms with E-state index in [1.165, 1.54) is 9.36 Å². The largest absolute Gasteiger partial charge is 0.488 e. The molecule has 0 saturated carbocycles. The van der Waals surface area contributed by atoms with E-state index in [4.69, 9.17) is 4.74 Å². The van der Waals surface area contributed by atoms with Gasteiger partial charge in [0.15, 0.2) is 0 Å². The third kappa shape index (κ3) is 3.80. The van der Waals surface area contributed by atoms with Crippen LogP contribution in [-0.4, -0.2) is 25.5 Å². The van der Waals surface area contributed by atoms with Crippen molar-refractivity contribution in [1.29, 1.82) is 0 Å². The quantitative estimate of drug-likeness (QED) is 0.571. The smallest absolute Gasteiger partial charge is 0.368 e. The second kappa shape index (κ2) is 7.88. The number of benzene rings is 2. The van der Waals surface area contributed by atoms with Crippen LogP contribution in [0.15, 0.2) is 56.6 Å². The molecule has 0 saturated heterocycles. The average molecular weight is 421 g/mol. The molecule has 6 nitrogen and oxygen atoms in total. The molecular formula is C17H17BrN4O2S. The van der Waals surface area contributed by atoms with Crippen LogP contribution in [0.3, 0.4) is 0 Å². The Balaban J connectivity index is 2.02. The SMILES string of the molecule is CCSc1cccc(-n2nnn(C)c2=O)c1COc1ccccc1Br. The molecule has 3 aromatic rings. The van der Waals surface area contributed by atoms with Crippen molar-refractivity contribution in [1.82, 2.24) is 19.8 Å². The van der Waals surface area contributed by atoms with Crippen molar-refractivity contribution in [2.24, 2.45) is 7.05 Å². The van der Waals surface area contributed by atoms with Gasteiger partial charge in [0, 0.05) is 17.5 Å². The molecule has 0 fully saturated rings. The summed E-state index contributed by atoms with van der Waals surface area (Å²) in [7, 11) is 1.58. The fraction of sp³-hybridized carbons (Fsp3) is 0.235. The summed E-state index contributed by atoms with van der Waals surface area (Å²) in [5.74, 6) is 1.66. The van der Waals surface area contributed by atoms with Gasteiger partial charge in [-0.3, -0.25) is 0 Å². The monoisotopic (exact) mass is 420 g/mol. The molecule has 130 valence electrons. The van der Waals surface area contributed by atoms with E-state index in [0.717, 1.165) is 26.4 Å². The number of nitrogens with zero attached hydrogens (tertiary/aromatic N) is 4. The number of aryl methyl sites for hydroxylation is 1. The van der Waals surface area contributed by atoms with E-state index in [0.29, 0.717) is 12.3 Å². The standard InChI is InChI=1S/C17H17BrN4O2S/c1-3-25-16-10-6-8-14(22-17(23)21(2)19-20-22)12(16)11-24-15-9-5-4-7-13(15)18/h4-10H,3,11H2,1-2H3. The van der Waals surface area contributed by atoms with Gasteiger partial charge in [-0.25, -0.2) is 4.79 Å². The number of ether oxygens (including phenoxy) is 1. The molecule has 0 aliphatic carbocycles. The fourth-order valence-electron chi connectivity index (χ4n) is 2.36. The zero-order valence-electron chi connectivity index (χ0n) is 13.8. The Bertz CT molecular complexity index is 938. The third-order valence-corrected chi connectivity index (χ3v) is 5.20. The van der Waals surface area contributed by atoms with Gasteiger partial charge in [-0.2, -0.15) is 9.36 Å². The van der Waals surface area contributed by atoms with Crippen LogP contribution in [-0.2, 0) is 13.7 Å². The van der Waals surface area contributed by atoms with Gasteiger partial charge in [0.2, 0.25) is 0 Å². The summed E-state index contributed by atoms with van der Waals surface area (Å²) in [6.45, 7) is 2.41. The molecule has 0 atom stereocenters. The van der Waals surface area contributed by atoms with Gasteiger partial charge < -0.3 is 4.74 Å². The van der Waals surface area contributed by atoms with Crippen LogP contribution in [0.2, 0.25) is 0 Å². The van der Waals surface area contributed by atoms with Crippen molar-refractivity contribution < 1.29 is 4.74 Å². The number of hydrogen-bond acceptors (Lipinski definition) is 5. The highest BCUT2D eigenvalue weighted by molar-refractivity contribution is 9.10. The molecule has 0 radical (unpaired) electrons. The van der Waals surface area contributed by atoms with Crippen molar-refractivity contribution in [2.75, 3.05) is 5.75 Å². The maximum atomic E-state index is 12.3. The van der Waals surface area contributed by atoms with E-state index in [-0.39, 0.29) is 5.69 Å². The number of aromatic nitrogens is 4. The molecule has 1 aromatic heterocycles. The zero-order valence-corrected chi connectivity index (χ0v) is 16.2. The van der Waals surface area contributed by atoms with Crippen LogP contribution in [0.25, 0.3) is 5.69 Å². The lowest BCUT2D eigenvalue weighted by Gasteiger charge is -2.15. The Morgan fingerprint density at radius 2 is 1.96 bits per heavy atom. The fourth-order valence-corrected chi connectivity index (χ4v) is 3.59. The molecule has 25 heavy (non-hydrogen) atoms. The molecule has 8 heteroatoms. The first-order valence-electron chi connectivity index (χ1n) is 7.73. The number of para-hydroxylation sites is 1. The Hall–Kier alpha value is -2.06. The maximum absolute atomic E-state index is 12.3. The number of tetrazole rings is 1. The number of halogens is 1. The van der Waals surface area contributed by atoms with Gasteiger partial charge in [-0.05, 0) is 56.4 Å². The molecule has 0 aliphatic heterocycles. The minimum Gasteiger partial charge on any atom is -0.488 e. The second-order valence-corrected chi connectivity index (χ2v) is 7.36. The summed E-state index contributed by atoms with van der Waals surface area (Å²) in [6, 6.07) is 13.5. The molecule has 0 amide bonds. The number of thioether (sulfide) groups is 1. The van der Waals surface area contributed by atoms with E-state index in [1.54, 1.807) is 18.8 Å². The van der Waals surface area contributed by atoms with Crippen molar-refractivity contribution in [3.05, 3.63) is 63.0 Å². The van der Waals surface area contributed by atoms with E-state index in [9.17, 15) is 4.79 Å². The zero-order chi connectivity index (χ0) is 17.8. The first-order chi connectivity index (χ1) is 12.1. The Morgan fingerprint density at radius 1 is 1.16 bits per heavy atom. The van der Waals surface area contributed by atoms with Crippen LogP contribution in [0, 0.1) is 0 Å². The maximum Gasteiger partial charge on any atom is 0.368 e. The normalized spacial score (nSPS) is 10.8. The summed E-state index contributed by atoms with van der Waals surface area (Å²) < 4.78 is 9.38. The highest BCUT2D eigenvalue weighted by Crippen LogP contribution is 2.30. The number of rotatable bonds is 6. The molecule has 0 aliphatic rings. The van der Waals surface area contributed by atoms with Gasteiger partial charge in [0.05, 0.1) is 10.2 Å². The van der Waals surface area contributed by atoms with E-state index >= 15 is 0 Å². The molecular weight excluding hydrogens is 404 g/mol. The minimum atomic E-state index is -0.291. The van der Waals surface area contributed by atoms with Crippen LogP contribution in [0.4, 0.5) is 0 Å². The average Bonchev–Trinajstić information content (AvgIpc) is 2.94. The Labute approximate surface area is 157 Å². The third-order valence-electron chi connectivity index (χ3n) is 3.57. The van der Waals surface area contributed by atoms with Gasteiger partial charge in [0.25, 0.3) is 0 Å². The van der Waals surface area contributed by atoms with Crippen molar-refractivity contribution >= 4 is 27.7 Å². The number of hydrogen-bond donors (Lipinski definition) is 0. The lowest BCUT2D eigenvalue weighted by atomic mass is 10.2. The first kappa shape index (κ1) is 17.8. The predicted octanol–water partition coefficient (Wildman–Crippen LogP) is 3.42. The second-order valence-electron chi connectivity index (χ2n) is 5.20. The van der Waals surface area contributed by atoms with E-state index in [1.807, 2.05) is 42.5 Å². The molecule has 0 N–H and O–H groups in total. The van der Waals surface area contributed by atoms with Gasteiger partial charge >= 0.3 is 5.69 Å². The lowest BCUT2D eigenvalue weighted by Crippen LogP contribution is -2.23. The molecule has 0 spiro atoms. The predicted molar refractivity (Wildman–Crippen MR) is 101 cm³/mol. The van der Waals surface area contributed by atoms with Crippen LogP contribution in [0.5, 0.6) is 5.75 Å².